The van der Waals surface area contributed by atoms with Crippen LogP contribution in [0.2, 0.25) is 0 Å². The van der Waals surface area contributed by atoms with E-state index in [2.05, 4.69) is 22.6 Å². The zero-order valence-corrected chi connectivity index (χ0v) is 12.9. The number of rotatable bonds is 3. The second-order valence-electron chi connectivity index (χ2n) is 4.23. The van der Waals surface area contributed by atoms with Crippen LogP contribution in [0, 0.1) is 3.57 Å². The van der Waals surface area contributed by atoms with Gasteiger partial charge in [0.2, 0.25) is 0 Å². The van der Waals surface area contributed by atoms with Gasteiger partial charge in [0.1, 0.15) is 0 Å². The highest BCUT2D eigenvalue weighted by atomic mass is 127. The third-order valence-corrected chi connectivity index (χ3v) is 3.55. The molecule has 102 valence electrons. The Kier molecular flexibility index (Phi) is 4.39. The smallest absolute Gasteiger partial charge is 0.335 e. The monoisotopic (exact) mass is 381 g/mol. The van der Waals surface area contributed by atoms with Gasteiger partial charge in [-0.05, 0) is 65.1 Å². The molecule has 2 aromatic carbocycles. The van der Waals surface area contributed by atoms with E-state index in [0.717, 1.165) is 3.57 Å². The lowest BCUT2D eigenvalue weighted by Crippen LogP contribution is -2.26. The molecule has 0 saturated heterocycles. The van der Waals surface area contributed by atoms with Gasteiger partial charge >= 0.3 is 5.97 Å². The molecule has 1 N–H and O–H groups in total. The average molecular weight is 381 g/mol. The minimum Gasteiger partial charge on any atom is -0.478 e. The first-order chi connectivity index (χ1) is 9.49. The predicted molar refractivity (Wildman–Crippen MR) is 85.3 cm³/mol. The molecule has 0 unspecified atom stereocenters. The van der Waals surface area contributed by atoms with Crippen LogP contribution in [0.25, 0.3) is 0 Å². The second-order valence-corrected chi connectivity index (χ2v) is 5.47. The van der Waals surface area contributed by atoms with Crippen molar-refractivity contribution in [3.8, 4) is 0 Å². The Hall–Kier alpha value is -1.89. The van der Waals surface area contributed by atoms with Crippen LogP contribution in [0.3, 0.4) is 0 Å². The van der Waals surface area contributed by atoms with Crippen LogP contribution in [0.4, 0.5) is 5.69 Å². The van der Waals surface area contributed by atoms with Gasteiger partial charge in [-0.1, -0.05) is 6.07 Å². The summed E-state index contributed by atoms with van der Waals surface area (Å²) in [5.41, 5.74) is 1.45. The van der Waals surface area contributed by atoms with E-state index in [-0.39, 0.29) is 11.5 Å². The number of hydrogen-bond acceptors (Lipinski definition) is 2. The van der Waals surface area contributed by atoms with Crippen molar-refractivity contribution in [2.45, 2.75) is 0 Å². The fraction of sp³-hybridized carbons (Fsp3) is 0.0667. The Morgan fingerprint density at radius 3 is 2.25 bits per heavy atom. The number of nitrogens with zero attached hydrogens (tertiary/aromatic N) is 1. The van der Waals surface area contributed by atoms with E-state index in [1.807, 2.05) is 18.2 Å². The quantitative estimate of drug-likeness (QED) is 0.831. The molecule has 0 aliphatic rings. The van der Waals surface area contributed by atoms with Crippen LogP contribution in [0.15, 0.2) is 48.5 Å². The molecule has 2 aromatic rings. The van der Waals surface area contributed by atoms with Crippen molar-refractivity contribution >= 4 is 40.2 Å². The summed E-state index contributed by atoms with van der Waals surface area (Å²) in [6.45, 7) is 0. The lowest BCUT2D eigenvalue weighted by Gasteiger charge is -2.17. The van der Waals surface area contributed by atoms with E-state index in [1.165, 1.54) is 17.0 Å². The normalized spacial score (nSPS) is 10.1. The minimum atomic E-state index is -0.983. The van der Waals surface area contributed by atoms with Crippen molar-refractivity contribution in [3.05, 3.63) is 63.2 Å². The molecule has 0 saturated carbocycles. The first-order valence-corrected chi connectivity index (χ1v) is 6.94. The SMILES string of the molecule is CN(C(=O)c1cccc(I)c1)c1ccc(C(=O)O)cc1. The molecule has 0 fully saturated rings. The van der Waals surface area contributed by atoms with Crippen LogP contribution >= 0.6 is 22.6 Å². The fourth-order valence-corrected chi connectivity index (χ4v) is 2.30. The molecular formula is C15H12INO3. The molecule has 20 heavy (non-hydrogen) atoms. The van der Waals surface area contributed by atoms with Gasteiger partial charge in [-0.3, -0.25) is 4.79 Å². The minimum absolute atomic E-state index is 0.133. The number of carboxylic acid groups (broad SMARTS) is 1. The van der Waals surface area contributed by atoms with Gasteiger partial charge in [-0.2, -0.15) is 0 Å². The van der Waals surface area contributed by atoms with E-state index in [9.17, 15) is 9.59 Å². The number of anilines is 1. The predicted octanol–water partition coefficient (Wildman–Crippen LogP) is 3.27. The lowest BCUT2D eigenvalue weighted by molar-refractivity contribution is 0.0696. The molecule has 0 radical (unpaired) electrons. The summed E-state index contributed by atoms with van der Waals surface area (Å²) in [4.78, 5) is 24.6. The number of benzene rings is 2. The van der Waals surface area contributed by atoms with Gasteiger partial charge < -0.3 is 10.0 Å². The van der Waals surface area contributed by atoms with Gasteiger partial charge in [0, 0.05) is 21.9 Å². The van der Waals surface area contributed by atoms with Crippen LogP contribution in [0.5, 0.6) is 0 Å². The molecule has 0 bridgehead atoms. The van der Waals surface area contributed by atoms with E-state index in [0.29, 0.717) is 11.3 Å². The standard InChI is InChI=1S/C15H12INO3/c1-17(13-7-5-10(6-8-13)15(19)20)14(18)11-3-2-4-12(16)9-11/h2-9H,1H3,(H,19,20). The molecule has 0 aliphatic heterocycles. The summed E-state index contributed by atoms with van der Waals surface area (Å²) in [7, 11) is 1.66. The maximum Gasteiger partial charge on any atom is 0.335 e. The van der Waals surface area contributed by atoms with Crippen molar-refractivity contribution in [3.63, 3.8) is 0 Å². The number of hydrogen-bond donors (Lipinski definition) is 1. The summed E-state index contributed by atoms with van der Waals surface area (Å²) in [6.07, 6.45) is 0. The number of aromatic carboxylic acids is 1. The van der Waals surface area contributed by atoms with Crippen LogP contribution in [-0.2, 0) is 0 Å². The Morgan fingerprint density at radius 2 is 1.70 bits per heavy atom. The highest BCUT2D eigenvalue weighted by Crippen LogP contribution is 2.17. The molecule has 0 atom stereocenters. The zero-order valence-electron chi connectivity index (χ0n) is 10.7. The van der Waals surface area contributed by atoms with Crippen molar-refractivity contribution in [2.24, 2.45) is 0 Å². The number of halogens is 1. The van der Waals surface area contributed by atoms with Crippen LogP contribution < -0.4 is 4.90 Å². The molecule has 0 spiro atoms. The third kappa shape index (κ3) is 3.16. The molecule has 0 aromatic heterocycles. The molecule has 4 nitrogen and oxygen atoms in total. The molecule has 5 heteroatoms. The molecule has 1 amide bonds. The summed E-state index contributed by atoms with van der Waals surface area (Å²) in [5.74, 6) is -1.12. The van der Waals surface area contributed by atoms with Crippen molar-refractivity contribution < 1.29 is 14.7 Å². The van der Waals surface area contributed by atoms with Crippen LogP contribution in [-0.4, -0.2) is 24.0 Å². The van der Waals surface area contributed by atoms with E-state index < -0.39 is 5.97 Å². The Labute approximate surface area is 130 Å². The maximum absolute atomic E-state index is 12.3. The number of carbonyl (C=O) groups excluding carboxylic acids is 1. The van der Waals surface area contributed by atoms with Crippen molar-refractivity contribution in [1.82, 2.24) is 0 Å². The maximum atomic E-state index is 12.3. The molecule has 2 rings (SSSR count). The Balaban J connectivity index is 2.24. The topological polar surface area (TPSA) is 57.6 Å². The Morgan fingerprint density at radius 1 is 1.05 bits per heavy atom. The third-order valence-electron chi connectivity index (χ3n) is 2.88. The molecular weight excluding hydrogens is 369 g/mol. The van der Waals surface area contributed by atoms with E-state index >= 15 is 0 Å². The molecule has 0 heterocycles. The van der Waals surface area contributed by atoms with Gasteiger partial charge in [0.05, 0.1) is 5.56 Å². The first-order valence-electron chi connectivity index (χ1n) is 5.86. The highest BCUT2D eigenvalue weighted by Gasteiger charge is 2.14. The average Bonchev–Trinajstić information content (AvgIpc) is 2.46. The molecule has 0 aliphatic carbocycles. The van der Waals surface area contributed by atoms with Crippen molar-refractivity contribution in [1.29, 1.82) is 0 Å². The van der Waals surface area contributed by atoms with Crippen LogP contribution in [0.1, 0.15) is 20.7 Å². The second kappa shape index (κ2) is 6.04. The van der Waals surface area contributed by atoms with Gasteiger partial charge in [0.25, 0.3) is 5.91 Å². The highest BCUT2D eigenvalue weighted by molar-refractivity contribution is 14.1. The summed E-state index contributed by atoms with van der Waals surface area (Å²) in [5, 5.41) is 8.85. The van der Waals surface area contributed by atoms with Gasteiger partial charge in [0.15, 0.2) is 0 Å². The summed E-state index contributed by atoms with van der Waals surface area (Å²) < 4.78 is 0.989. The fourth-order valence-electron chi connectivity index (χ4n) is 1.76. The summed E-state index contributed by atoms with van der Waals surface area (Å²) >= 11 is 2.15. The number of carbonyl (C=O) groups is 2. The zero-order chi connectivity index (χ0) is 14.7. The van der Waals surface area contributed by atoms with E-state index in [1.54, 1.807) is 25.2 Å². The number of carboxylic acids is 1. The Bertz CT molecular complexity index is 652. The van der Waals surface area contributed by atoms with E-state index in [4.69, 9.17) is 5.11 Å². The van der Waals surface area contributed by atoms with Gasteiger partial charge in [-0.15, -0.1) is 0 Å². The largest absolute Gasteiger partial charge is 0.478 e. The lowest BCUT2D eigenvalue weighted by atomic mass is 10.1. The first kappa shape index (κ1) is 14.5. The van der Waals surface area contributed by atoms with Crippen molar-refractivity contribution in [2.75, 3.05) is 11.9 Å². The number of amides is 1. The summed E-state index contributed by atoms with van der Waals surface area (Å²) in [6, 6.07) is 13.5. The van der Waals surface area contributed by atoms with Gasteiger partial charge in [-0.25, -0.2) is 4.79 Å².